The van der Waals surface area contributed by atoms with E-state index in [0.717, 1.165) is 0 Å². The van der Waals surface area contributed by atoms with Crippen molar-refractivity contribution in [3.05, 3.63) is 23.6 Å². The van der Waals surface area contributed by atoms with Crippen molar-refractivity contribution in [3.63, 3.8) is 0 Å². The van der Waals surface area contributed by atoms with Crippen LogP contribution in [0.5, 0.6) is 0 Å². The number of halogens is 2. The second kappa shape index (κ2) is 8.65. The van der Waals surface area contributed by atoms with Gasteiger partial charge in [-0.05, 0) is 22.4 Å². The summed E-state index contributed by atoms with van der Waals surface area (Å²) < 4.78 is 12.8. The zero-order valence-electron chi connectivity index (χ0n) is 7.82. The molecule has 0 saturated heterocycles. The van der Waals surface area contributed by atoms with Gasteiger partial charge in [0.15, 0.2) is 0 Å². The maximum absolute atomic E-state index is 12.3. The summed E-state index contributed by atoms with van der Waals surface area (Å²) in [6.45, 7) is 12.4. The minimum absolute atomic E-state index is 0.335. The summed E-state index contributed by atoms with van der Waals surface area (Å²) in [6.07, 6.45) is 0.528. The van der Waals surface area contributed by atoms with E-state index >= 15 is 0 Å². The van der Waals surface area contributed by atoms with E-state index in [1.807, 2.05) is 13.8 Å². The van der Waals surface area contributed by atoms with Crippen molar-refractivity contribution in [1.82, 2.24) is 0 Å². The first-order valence-electron chi connectivity index (χ1n) is 3.84. The Morgan fingerprint density at radius 1 is 1.42 bits per heavy atom. The van der Waals surface area contributed by atoms with Crippen LogP contribution in [-0.2, 0) is 0 Å². The minimum Gasteiger partial charge on any atom is -0.244 e. The molecule has 0 fully saturated rings. The van der Waals surface area contributed by atoms with Gasteiger partial charge in [-0.3, -0.25) is 0 Å². The standard InChI is InChI=1S/C7H9BrFN.C2H6/c1-4-7(5(2)9)10-6(3)8;1-2/h2-4H2,1H3;1-2H3/b10-7-;. The molecule has 0 aromatic carbocycles. The van der Waals surface area contributed by atoms with Gasteiger partial charge in [0.1, 0.15) is 5.83 Å². The van der Waals surface area contributed by atoms with Crippen LogP contribution in [0.25, 0.3) is 0 Å². The lowest BCUT2D eigenvalue weighted by molar-refractivity contribution is 0.681. The highest BCUT2D eigenvalue weighted by atomic mass is 79.9. The first-order valence-corrected chi connectivity index (χ1v) is 4.64. The molecule has 70 valence electrons. The fraction of sp³-hybridized carbons (Fsp3) is 0.444. The maximum atomic E-state index is 12.3. The quantitative estimate of drug-likeness (QED) is 0.514. The minimum atomic E-state index is -0.497. The summed E-state index contributed by atoms with van der Waals surface area (Å²) in [5.74, 6) is -0.497. The number of hydrogen-bond acceptors (Lipinski definition) is 1. The molecule has 0 rings (SSSR count). The van der Waals surface area contributed by atoms with Crippen molar-refractivity contribution in [2.75, 3.05) is 0 Å². The van der Waals surface area contributed by atoms with Crippen molar-refractivity contribution < 1.29 is 4.39 Å². The van der Waals surface area contributed by atoms with E-state index in [9.17, 15) is 4.39 Å². The second-order valence-corrected chi connectivity index (χ2v) is 2.61. The third-order valence-corrected chi connectivity index (χ3v) is 1.08. The Labute approximate surface area is 82.2 Å². The van der Waals surface area contributed by atoms with Crippen molar-refractivity contribution in [2.24, 2.45) is 4.99 Å². The van der Waals surface area contributed by atoms with Crippen LogP contribution in [0.3, 0.4) is 0 Å². The van der Waals surface area contributed by atoms with Gasteiger partial charge in [0, 0.05) is 0 Å². The Bertz CT molecular complexity index is 185. The molecule has 1 nitrogen and oxygen atoms in total. The van der Waals surface area contributed by atoms with Gasteiger partial charge < -0.3 is 0 Å². The molecule has 0 aliphatic carbocycles. The summed E-state index contributed by atoms with van der Waals surface area (Å²) in [6, 6.07) is 0. The van der Waals surface area contributed by atoms with E-state index in [1.54, 1.807) is 6.92 Å². The number of rotatable bonds is 3. The van der Waals surface area contributed by atoms with E-state index in [2.05, 4.69) is 34.1 Å². The van der Waals surface area contributed by atoms with Crippen molar-refractivity contribution in [1.29, 1.82) is 0 Å². The van der Waals surface area contributed by atoms with E-state index < -0.39 is 5.83 Å². The largest absolute Gasteiger partial charge is 0.244 e. The van der Waals surface area contributed by atoms with Gasteiger partial charge in [-0.2, -0.15) is 0 Å². The molecule has 0 aromatic rings. The van der Waals surface area contributed by atoms with Crippen molar-refractivity contribution in [2.45, 2.75) is 27.2 Å². The molecular formula is C9H15BrFN. The van der Waals surface area contributed by atoms with Crippen LogP contribution in [0.15, 0.2) is 28.6 Å². The van der Waals surface area contributed by atoms with Crippen LogP contribution in [0.1, 0.15) is 27.2 Å². The van der Waals surface area contributed by atoms with Crippen molar-refractivity contribution in [3.8, 4) is 0 Å². The van der Waals surface area contributed by atoms with Crippen LogP contribution >= 0.6 is 15.9 Å². The Morgan fingerprint density at radius 3 is 1.92 bits per heavy atom. The van der Waals surface area contributed by atoms with Crippen LogP contribution < -0.4 is 0 Å². The predicted molar refractivity (Wildman–Crippen MR) is 57.4 cm³/mol. The highest BCUT2D eigenvalue weighted by Gasteiger charge is 1.99. The second-order valence-electron chi connectivity index (χ2n) is 1.69. The zero-order valence-corrected chi connectivity index (χ0v) is 9.41. The third-order valence-electron chi connectivity index (χ3n) is 0.904. The van der Waals surface area contributed by atoms with Crippen LogP contribution in [0.4, 0.5) is 4.39 Å². The van der Waals surface area contributed by atoms with E-state index in [1.165, 1.54) is 0 Å². The zero-order chi connectivity index (χ0) is 10.1. The molecule has 0 heterocycles. The molecule has 0 N–H and O–H groups in total. The lowest BCUT2D eigenvalue weighted by atomic mass is 10.3. The first kappa shape index (κ1) is 14.1. The Morgan fingerprint density at radius 2 is 1.83 bits per heavy atom. The Balaban J connectivity index is 0. The summed E-state index contributed by atoms with van der Waals surface area (Å²) in [4.78, 5) is 3.76. The topological polar surface area (TPSA) is 12.4 Å². The van der Waals surface area contributed by atoms with Gasteiger partial charge in [0.25, 0.3) is 0 Å². The SMILES string of the molecule is C=C(Br)/N=C(/CC)C(=C)F.CC. The van der Waals surface area contributed by atoms with Gasteiger partial charge in [-0.1, -0.05) is 33.9 Å². The monoisotopic (exact) mass is 235 g/mol. The molecule has 0 amide bonds. The van der Waals surface area contributed by atoms with Gasteiger partial charge >= 0.3 is 0 Å². The average Bonchev–Trinajstić information content (AvgIpc) is 2.03. The predicted octanol–water partition coefficient (Wildman–Crippen LogP) is 4.21. The number of hydrogen-bond donors (Lipinski definition) is 0. The van der Waals surface area contributed by atoms with Crippen LogP contribution in [0.2, 0.25) is 0 Å². The van der Waals surface area contributed by atoms with Gasteiger partial charge in [0.05, 0.1) is 10.3 Å². The lowest BCUT2D eigenvalue weighted by Gasteiger charge is -1.96. The Kier molecular flexibility index (Phi) is 10.2. The van der Waals surface area contributed by atoms with E-state index in [4.69, 9.17) is 0 Å². The van der Waals surface area contributed by atoms with Gasteiger partial charge in [-0.25, -0.2) is 9.38 Å². The summed E-state index contributed by atoms with van der Waals surface area (Å²) in [5, 5.41) is 0. The van der Waals surface area contributed by atoms with Crippen LogP contribution in [-0.4, -0.2) is 5.71 Å². The lowest BCUT2D eigenvalue weighted by Crippen LogP contribution is -1.94. The highest BCUT2D eigenvalue weighted by Crippen LogP contribution is 2.08. The normalized spacial score (nSPS) is 9.92. The first-order chi connectivity index (χ1) is 5.57. The summed E-state index contributed by atoms with van der Waals surface area (Å²) in [7, 11) is 0. The van der Waals surface area contributed by atoms with Gasteiger partial charge in [0.2, 0.25) is 0 Å². The average molecular weight is 236 g/mol. The van der Waals surface area contributed by atoms with E-state index in [-0.39, 0.29) is 0 Å². The molecule has 12 heavy (non-hydrogen) atoms. The summed E-state index contributed by atoms with van der Waals surface area (Å²) in [5.41, 5.74) is 0.335. The molecule has 0 aliphatic rings. The van der Waals surface area contributed by atoms with Gasteiger partial charge in [-0.15, -0.1) is 0 Å². The summed E-state index contributed by atoms with van der Waals surface area (Å²) >= 11 is 2.99. The molecule has 0 aliphatic heterocycles. The molecule has 0 spiro atoms. The fourth-order valence-electron chi connectivity index (χ4n) is 0.478. The maximum Gasteiger partial charge on any atom is 0.137 e. The number of nitrogens with zero attached hydrogens (tertiary/aromatic N) is 1. The van der Waals surface area contributed by atoms with Crippen molar-refractivity contribution >= 4 is 21.6 Å². The third kappa shape index (κ3) is 7.66. The Hall–Kier alpha value is -0.440. The number of aliphatic imine (C=N–C) groups is 1. The van der Waals surface area contributed by atoms with E-state index in [0.29, 0.717) is 16.7 Å². The molecule has 0 unspecified atom stereocenters. The van der Waals surface area contributed by atoms with Crippen LogP contribution in [0, 0.1) is 0 Å². The molecule has 0 bridgehead atoms. The molecular weight excluding hydrogens is 221 g/mol. The molecule has 0 aromatic heterocycles. The smallest absolute Gasteiger partial charge is 0.137 e. The molecule has 3 heteroatoms. The number of allylic oxidation sites excluding steroid dienone is 1. The molecule has 0 radical (unpaired) electrons. The fourth-order valence-corrected chi connectivity index (χ4v) is 0.692. The molecule has 0 saturated carbocycles. The highest BCUT2D eigenvalue weighted by molar-refractivity contribution is 9.11. The molecule has 0 atom stereocenters.